The number of nitrogens with one attached hydrogen (secondary N) is 1. The Kier molecular flexibility index (Phi) is 5.67. The highest BCUT2D eigenvalue weighted by molar-refractivity contribution is 5.95. The first-order valence-electron chi connectivity index (χ1n) is 9.94. The summed E-state index contributed by atoms with van der Waals surface area (Å²) < 4.78 is 24.9. The number of carbonyl (C=O) groups excluding carboxylic acids is 1. The Balaban J connectivity index is 1.46. The molecule has 1 aliphatic carbocycles. The van der Waals surface area contributed by atoms with Crippen LogP contribution in [0.15, 0.2) is 36.5 Å². The number of rotatable bonds is 7. The summed E-state index contributed by atoms with van der Waals surface area (Å²) in [5.74, 6) is 1.53. The van der Waals surface area contributed by atoms with Crippen molar-refractivity contribution in [2.24, 2.45) is 0 Å². The van der Waals surface area contributed by atoms with Gasteiger partial charge in [0.1, 0.15) is 11.9 Å². The number of benzene rings is 1. The normalized spacial score (nSPS) is 21.8. The number of hydrogen-bond acceptors (Lipinski definition) is 5. The van der Waals surface area contributed by atoms with E-state index >= 15 is 0 Å². The Morgan fingerprint density at radius 3 is 2.62 bits per heavy atom. The van der Waals surface area contributed by atoms with Crippen LogP contribution in [0, 0.1) is 0 Å². The van der Waals surface area contributed by atoms with Crippen LogP contribution in [0.5, 0.6) is 11.5 Å². The first-order chi connectivity index (χ1) is 14.1. The zero-order chi connectivity index (χ0) is 20.4. The van der Waals surface area contributed by atoms with Crippen molar-refractivity contribution < 1.29 is 18.7 Å². The molecule has 1 N–H and O–H groups in total. The third-order valence-corrected chi connectivity index (χ3v) is 5.60. The predicted molar refractivity (Wildman–Crippen MR) is 108 cm³/mol. The van der Waals surface area contributed by atoms with E-state index in [1.165, 1.54) is 18.4 Å². The Hall–Kier alpha value is -2.67. The minimum Gasteiger partial charge on any atom is -0.493 e. The van der Waals surface area contributed by atoms with Crippen molar-refractivity contribution in [1.82, 2.24) is 9.88 Å². The van der Waals surface area contributed by atoms with Crippen LogP contribution < -0.4 is 14.8 Å². The largest absolute Gasteiger partial charge is 0.493 e. The van der Waals surface area contributed by atoms with E-state index in [0.717, 1.165) is 5.69 Å². The maximum Gasteiger partial charge on any atom is 0.241 e. The van der Waals surface area contributed by atoms with Gasteiger partial charge < -0.3 is 14.8 Å². The van der Waals surface area contributed by atoms with Crippen LogP contribution in [-0.4, -0.2) is 48.8 Å². The van der Waals surface area contributed by atoms with Gasteiger partial charge in [-0.3, -0.25) is 14.7 Å². The number of halogens is 1. The number of aromatic nitrogens is 1. The zero-order valence-electron chi connectivity index (χ0n) is 16.7. The standard InChI is InChI=1S/C22H26FN3O3/c1-28-20-9-10-24-18(21(20)29-2)13-26-12-16(23)11-19(26)22(27)25-17-7-5-15(6-8-17)14-3-4-14/h5-10,14,16,19H,3-4,11-13H2,1-2H3,(H,25,27)/t16-,19+/m0/s1. The summed E-state index contributed by atoms with van der Waals surface area (Å²) in [6, 6.07) is 9.10. The van der Waals surface area contributed by atoms with Crippen LogP contribution in [0.25, 0.3) is 0 Å². The van der Waals surface area contributed by atoms with E-state index in [2.05, 4.69) is 22.4 Å². The van der Waals surface area contributed by atoms with E-state index in [1.54, 1.807) is 26.5 Å². The summed E-state index contributed by atoms with van der Waals surface area (Å²) in [4.78, 5) is 19.0. The molecule has 2 aliphatic rings. The SMILES string of the molecule is COc1ccnc(CN2C[C@@H](F)C[C@@H]2C(=O)Nc2ccc(C3CC3)cc2)c1OC. The highest BCUT2D eigenvalue weighted by atomic mass is 19.1. The summed E-state index contributed by atoms with van der Waals surface area (Å²) >= 11 is 0. The molecule has 1 saturated carbocycles. The molecule has 0 bridgehead atoms. The molecule has 1 aromatic heterocycles. The van der Waals surface area contributed by atoms with Gasteiger partial charge in [-0.25, -0.2) is 4.39 Å². The first-order valence-corrected chi connectivity index (χ1v) is 9.94. The van der Waals surface area contributed by atoms with E-state index in [1.807, 2.05) is 17.0 Å². The molecule has 154 valence electrons. The van der Waals surface area contributed by atoms with Crippen molar-refractivity contribution in [2.75, 3.05) is 26.1 Å². The molecule has 0 spiro atoms. The third kappa shape index (κ3) is 4.34. The molecule has 0 radical (unpaired) electrons. The van der Waals surface area contributed by atoms with Gasteiger partial charge in [0.25, 0.3) is 0 Å². The topological polar surface area (TPSA) is 63.7 Å². The molecule has 1 aliphatic heterocycles. The fourth-order valence-corrected chi connectivity index (χ4v) is 3.93. The average molecular weight is 399 g/mol. The lowest BCUT2D eigenvalue weighted by Gasteiger charge is -2.24. The van der Waals surface area contributed by atoms with E-state index in [4.69, 9.17) is 9.47 Å². The van der Waals surface area contributed by atoms with Gasteiger partial charge in [-0.05, 0) is 36.5 Å². The molecule has 0 unspecified atom stereocenters. The molecule has 2 heterocycles. The van der Waals surface area contributed by atoms with Gasteiger partial charge in [-0.15, -0.1) is 0 Å². The second-order valence-corrected chi connectivity index (χ2v) is 7.66. The molecule has 4 rings (SSSR count). The van der Waals surface area contributed by atoms with Gasteiger partial charge in [-0.2, -0.15) is 0 Å². The van der Waals surface area contributed by atoms with Crippen LogP contribution in [-0.2, 0) is 11.3 Å². The Labute approximate surface area is 170 Å². The zero-order valence-corrected chi connectivity index (χ0v) is 16.7. The predicted octanol–water partition coefficient (Wildman–Crippen LogP) is 3.53. The fourth-order valence-electron chi connectivity index (χ4n) is 3.93. The summed E-state index contributed by atoms with van der Waals surface area (Å²) in [5.41, 5.74) is 2.66. The monoisotopic (exact) mass is 399 g/mol. The van der Waals surface area contributed by atoms with Gasteiger partial charge in [-0.1, -0.05) is 12.1 Å². The van der Waals surface area contributed by atoms with E-state index in [9.17, 15) is 9.18 Å². The molecular weight excluding hydrogens is 373 g/mol. The average Bonchev–Trinajstić information content (AvgIpc) is 3.51. The second-order valence-electron chi connectivity index (χ2n) is 7.66. The number of methoxy groups -OCH3 is 2. The molecule has 29 heavy (non-hydrogen) atoms. The first kappa shape index (κ1) is 19.6. The quantitative estimate of drug-likeness (QED) is 0.772. The molecule has 1 saturated heterocycles. The fraction of sp³-hybridized carbons (Fsp3) is 0.455. The Bertz CT molecular complexity index is 870. The van der Waals surface area contributed by atoms with Gasteiger partial charge in [0.15, 0.2) is 11.5 Å². The van der Waals surface area contributed by atoms with Gasteiger partial charge in [0.05, 0.1) is 20.3 Å². The van der Waals surface area contributed by atoms with Crippen molar-refractivity contribution in [3.63, 3.8) is 0 Å². The lowest BCUT2D eigenvalue weighted by atomic mass is 10.1. The van der Waals surface area contributed by atoms with Crippen molar-refractivity contribution in [3.05, 3.63) is 47.8 Å². The molecule has 2 fully saturated rings. The lowest BCUT2D eigenvalue weighted by molar-refractivity contribution is -0.120. The number of carbonyl (C=O) groups is 1. The highest BCUT2D eigenvalue weighted by Crippen LogP contribution is 2.40. The molecule has 1 amide bonds. The Morgan fingerprint density at radius 1 is 1.21 bits per heavy atom. The van der Waals surface area contributed by atoms with E-state index in [-0.39, 0.29) is 18.9 Å². The number of ether oxygens (including phenoxy) is 2. The van der Waals surface area contributed by atoms with Gasteiger partial charge >= 0.3 is 0 Å². The number of pyridine rings is 1. The maximum atomic E-state index is 14.2. The summed E-state index contributed by atoms with van der Waals surface area (Å²) in [6.07, 6.45) is 3.21. The van der Waals surface area contributed by atoms with Crippen LogP contribution in [0.1, 0.15) is 36.4 Å². The molecule has 2 aromatic rings. The molecule has 6 nitrogen and oxygen atoms in total. The number of hydrogen-bond donors (Lipinski definition) is 1. The lowest BCUT2D eigenvalue weighted by Crippen LogP contribution is -2.39. The summed E-state index contributed by atoms with van der Waals surface area (Å²) in [5, 5.41) is 2.93. The molecule has 1 aromatic carbocycles. The van der Waals surface area contributed by atoms with E-state index < -0.39 is 12.2 Å². The van der Waals surface area contributed by atoms with Crippen LogP contribution in [0.2, 0.25) is 0 Å². The van der Waals surface area contributed by atoms with Crippen molar-refractivity contribution in [1.29, 1.82) is 0 Å². The van der Waals surface area contributed by atoms with Gasteiger partial charge in [0.2, 0.25) is 5.91 Å². The summed E-state index contributed by atoms with van der Waals surface area (Å²) in [6.45, 7) is 0.486. The number of amides is 1. The number of nitrogens with zero attached hydrogens (tertiary/aromatic N) is 2. The molecule has 7 heteroatoms. The number of alkyl halides is 1. The van der Waals surface area contributed by atoms with Crippen molar-refractivity contribution in [2.45, 2.75) is 43.9 Å². The van der Waals surface area contributed by atoms with Crippen LogP contribution >= 0.6 is 0 Å². The van der Waals surface area contributed by atoms with Crippen LogP contribution in [0.4, 0.5) is 10.1 Å². The number of anilines is 1. The summed E-state index contributed by atoms with van der Waals surface area (Å²) in [7, 11) is 3.10. The highest BCUT2D eigenvalue weighted by Gasteiger charge is 2.37. The maximum absolute atomic E-state index is 14.2. The molecular formula is C22H26FN3O3. The minimum absolute atomic E-state index is 0.165. The Morgan fingerprint density at radius 2 is 1.97 bits per heavy atom. The van der Waals surface area contributed by atoms with Crippen LogP contribution in [0.3, 0.4) is 0 Å². The van der Waals surface area contributed by atoms with Crippen molar-refractivity contribution >= 4 is 11.6 Å². The van der Waals surface area contributed by atoms with Gasteiger partial charge in [0, 0.05) is 37.5 Å². The molecule has 2 atom stereocenters. The third-order valence-electron chi connectivity index (χ3n) is 5.60. The van der Waals surface area contributed by atoms with Crippen molar-refractivity contribution in [3.8, 4) is 11.5 Å². The second kappa shape index (κ2) is 8.37. The minimum atomic E-state index is -1.06. The smallest absolute Gasteiger partial charge is 0.241 e. The number of likely N-dealkylation sites (tertiary alicyclic amines) is 1. The van der Waals surface area contributed by atoms with E-state index in [0.29, 0.717) is 29.7 Å².